The molecule has 0 saturated heterocycles. The van der Waals surface area contributed by atoms with Crippen LogP contribution in [-0.2, 0) is 17.8 Å². The van der Waals surface area contributed by atoms with E-state index in [0.29, 0.717) is 6.42 Å². The maximum Gasteiger partial charge on any atom is 0.237 e. The number of carbonyl (C=O) groups is 1. The molecule has 146 valence electrons. The number of aromatic nitrogens is 2. The van der Waals surface area contributed by atoms with Crippen molar-refractivity contribution in [2.24, 2.45) is 17.6 Å². The number of benzene rings is 1. The largest absolute Gasteiger partial charge is 0.352 e. The summed E-state index contributed by atoms with van der Waals surface area (Å²) in [6.07, 6.45) is 8.77. The highest BCUT2D eigenvalue weighted by Gasteiger charge is 2.25. The molecule has 0 aliphatic heterocycles. The highest BCUT2D eigenvalue weighted by atomic mass is 16.2. The van der Waals surface area contributed by atoms with Crippen molar-refractivity contribution in [1.29, 1.82) is 0 Å². The van der Waals surface area contributed by atoms with Crippen molar-refractivity contribution in [2.45, 2.75) is 64.6 Å². The molecule has 1 aliphatic rings. The SMILES string of the molecule is CC(C)C1CCC(NC(=O)[C@@H](N)Cc2cn(Cc3ccccc3)cn2)CC1. The highest BCUT2D eigenvalue weighted by Crippen LogP contribution is 2.29. The number of imidazole rings is 1. The minimum atomic E-state index is -0.548. The van der Waals surface area contributed by atoms with Gasteiger partial charge in [0, 0.05) is 25.2 Å². The molecule has 1 aromatic carbocycles. The molecule has 1 atom stereocenters. The maximum atomic E-state index is 12.5. The van der Waals surface area contributed by atoms with Crippen LogP contribution in [0.25, 0.3) is 0 Å². The third kappa shape index (κ3) is 5.67. The van der Waals surface area contributed by atoms with E-state index in [1.165, 1.54) is 18.4 Å². The van der Waals surface area contributed by atoms with Crippen LogP contribution in [0.15, 0.2) is 42.9 Å². The fraction of sp³-hybridized carbons (Fsp3) is 0.545. The molecule has 0 bridgehead atoms. The summed E-state index contributed by atoms with van der Waals surface area (Å²) in [4.78, 5) is 16.9. The average molecular weight is 369 g/mol. The van der Waals surface area contributed by atoms with Crippen LogP contribution in [0.4, 0.5) is 0 Å². The molecule has 3 N–H and O–H groups in total. The molecule has 3 rings (SSSR count). The minimum Gasteiger partial charge on any atom is -0.352 e. The van der Waals surface area contributed by atoms with Crippen molar-refractivity contribution in [1.82, 2.24) is 14.9 Å². The second-order valence-electron chi connectivity index (χ2n) is 8.20. The third-order valence-electron chi connectivity index (χ3n) is 5.72. The molecule has 1 aromatic heterocycles. The van der Waals surface area contributed by atoms with Crippen LogP contribution in [0.1, 0.15) is 50.8 Å². The summed E-state index contributed by atoms with van der Waals surface area (Å²) in [5, 5.41) is 3.15. The predicted octanol–water partition coefficient (Wildman–Crippen LogP) is 3.13. The van der Waals surface area contributed by atoms with E-state index < -0.39 is 6.04 Å². The molecule has 0 spiro atoms. The molecule has 1 amide bonds. The van der Waals surface area contributed by atoms with E-state index >= 15 is 0 Å². The molecule has 5 nitrogen and oxygen atoms in total. The normalized spacial score (nSPS) is 21.2. The number of hydrogen-bond acceptors (Lipinski definition) is 3. The topological polar surface area (TPSA) is 72.9 Å². The summed E-state index contributed by atoms with van der Waals surface area (Å²) in [5.41, 5.74) is 8.22. The van der Waals surface area contributed by atoms with Crippen molar-refractivity contribution >= 4 is 5.91 Å². The number of hydrogen-bond donors (Lipinski definition) is 2. The zero-order valence-corrected chi connectivity index (χ0v) is 16.5. The first kappa shape index (κ1) is 19.6. The first-order valence-corrected chi connectivity index (χ1v) is 10.1. The number of rotatable bonds is 7. The van der Waals surface area contributed by atoms with E-state index in [2.05, 4.69) is 36.3 Å². The molecule has 5 heteroatoms. The summed E-state index contributed by atoms with van der Waals surface area (Å²) < 4.78 is 2.03. The first-order valence-electron chi connectivity index (χ1n) is 10.1. The molecule has 0 unspecified atom stereocenters. The van der Waals surface area contributed by atoms with Crippen molar-refractivity contribution in [3.63, 3.8) is 0 Å². The second kappa shape index (κ2) is 9.18. The standard InChI is InChI=1S/C22H32N4O/c1-16(2)18-8-10-19(11-9-18)25-22(27)21(23)12-20-14-26(15-24-20)13-17-6-4-3-5-7-17/h3-7,14-16,18-19,21H,8-13,23H2,1-2H3,(H,25,27)/t18?,19?,21-/m0/s1. The molecular weight excluding hydrogens is 336 g/mol. The Morgan fingerprint density at radius 1 is 1.22 bits per heavy atom. The van der Waals surface area contributed by atoms with Crippen molar-refractivity contribution in [3.8, 4) is 0 Å². The first-order chi connectivity index (χ1) is 13.0. The molecule has 27 heavy (non-hydrogen) atoms. The monoisotopic (exact) mass is 368 g/mol. The van der Waals surface area contributed by atoms with Gasteiger partial charge in [0.05, 0.1) is 18.1 Å². The number of nitrogens with zero attached hydrogens (tertiary/aromatic N) is 2. The molecule has 0 radical (unpaired) electrons. The van der Waals surface area contributed by atoms with E-state index in [-0.39, 0.29) is 11.9 Å². The predicted molar refractivity (Wildman–Crippen MR) is 108 cm³/mol. The van der Waals surface area contributed by atoms with Gasteiger partial charge in [-0.05, 0) is 43.1 Å². The van der Waals surface area contributed by atoms with Crippen LogP contribution < -0.4 is 11.1 Å². The third-order valence-corrected chi connectivity index (χ3v) is 5.72. The van der Waals surface area contributed by atoms with Crippen LogP contribution in [0.5, 0.6) is 0 Å². The summed E-state index contributed by atoms with van der Waals surface area (Å²) in [5.74, 6) is 1.47. The lowest BCUT2D eigenvalue weighted by Crippen LogP contribution is -2.47. The molecule has 1 saturated carbocycles. The van der Waals surface area contributed by atoms with Gasteiger partial charge >= 0.3 is 0 Å². The van der Waals surface area contributed by atoms with Gasteiger partial charge in [0.2, 0.25) is 5.91 Å². The fourth-order valence-corrected chi connectivity index (χ4v) is 3.95. The van der Waals surface area contributed by atoms with E-state index in [1.807, 2.05) is 29.0 Å². The zero-order chi connectivity index (χ0) is 19.2. The van der Waals surface area contributed by atoms with Crippen molar-refractivity contribution in [2.75, 3.05) is 0 Å². The van der Waals surface area contributed by atoms with Crippen LogP contribution in [0.2, 0.25) is 0 Å². The Hall–Kier alpha value is -2.14. The number of nitrogens with one attached hydrogen (secondary N) is 1. The van der Waals surface area contributed by atoms with Crippen LogP contribution in [0.3, 0.4) is 0 Å². The summed E-state index contributed by atoms with van der Waals surface area (Å²) in [6.45, 7) is 5.35. The lowest BCUT2D eigenvalue weighted by molar-refractivity contribution is -0.123. The Labute approximate surface area is 162 Å². The smallest absolute Gasteiger partial charge is 0.237 e. The van der Waals surface area contributed by atoms with Gasteiger partial charge in [-0.1, -0.05) is 44.2 Å². The quantitative estimate of drug-likeness (QED) is 0.788. The lowest BCUT2D eigenvalue weighted by Gasteiger charge is -2.31. The Bertz CT molecular complexity index is 717. The summed E-state index contributed by atoms with van der Waals surface area (Å²) in [7, 11) is 0. The number of nitrogens with two attached hydrogens (primary N) is 1. The minimum absolute atomic E-state index is 0.0550. The van der Waals surface area contributed by atoms with Gasteiger partial charge < -0.3 is 15.6 Å². The van der Waals surface area contributed by atoms with Crippen molar-refractivity contribution in [3.05, 3.63) is 54.1 Å². The van der Waals surface area contributed by atoms with E-state index in [4.69, 9.17) is 5.73 Å². The Balaban J connectivity index is 1.46. The molecule has 1 aliphatic carbocycles. The number of amides is 1. The molecule has 1 fully saturated rings. The van der Waals surface area contributed by atoms with Gasteiger partial charge in [-0.3, -0.25) is 4.79 Å². The fourth-order valence-electron chi connectivity index (χ4n) is 3.95. The van der Waals surface area contributed by atoms with Crippen LogP contribution in [-0.4, -0.2) is 27.5 Å². The molecular formula is C22H32N4O. The Morgan fingerprint density at radius 2 is 1.93 bits per heavy atom. The summed E-state index contributed by atoms with van der Waals surface area (Å²) >= 11 is 0. The Kier molecular flexibility index (Phi) is 6.67. The highest BCUT2D eigenvalue weighted by molar-refractivity contribution is 5.82. The van der Waals surface area contributed by atoms with Gasteiger partial charge in [-0.2, -0.15) is 0 Å². The van der Waals surface area contributed by atoms with Crippen molar-refractivity contribution < 1.29 is 4.79 Å². The van der Waals surface area contributed by atoms with E-state index in [0.717, 1.165) is 36.9 Å². The summed E-state index contributed by atoms with van der Waals surface area (Å²) in [6, 6.07) is 9.97. The van der Waals surface area contributed by atoms with Gasteiger partial charge in [0.15, 0.2) is 0 Å². The van der Waals surface area contributed by atoms with Crippen LogP contribution >= 0.6 is 0 Å². The van der Waals surface area contributed by atoms with Crippen LogP contribution in [0, 0.1) is 11.8 Å². The number of carbonyl (C=O) groups excluding carboxylic acids is 1. The zero-order valence-electron chi connectivity index (χ0n) is 16.5. The molecule has 2 aromatic rings. The lowest BCUT2D eigenvalue weighted by atomic mass is 9.79. The molecule has 1 heterocycles. The second-order valence-corrected chi connectivity index (χ2v) is 8.20. The van der Waals surface area contributed by atoms with Gasteiger partial charge in [0.25, 0.3) is 0 Å². The van der Waals surface area contributed by atoms with E-state index in [9.17, 15) is 4.79 Å². The maximum absolute atomic E-state index is 12.5. The van der Waals surface area contributed by atoms with Gasteiger partial charge in [-0.15, -0.1) is 0 Å². The Morgan fingerprint density at radius 3 is 2.59 bits per heavy atom. The average Bonchev–Trinajstić information content (AvgIpc) is 3.09. The van der Waals surface area contributed by atoms with Gasteiger partial charge in [-0.25, -0.2) is 4.98 Å². The van der Waals surface area contributed by atoms with E-state index in [1.54, 1.807) is 6.33 Å². The van der Waals surface area contributed by atoms with Gasteiger partial charge in [0.1, 0.15) is 0 Å².